The number of rotatable bonds is 1. The number of alkyl halides is 1. The van der Waals surface area contributed by atoms with E-state index in [1.165, 1.54) is 32.1 Å². The van der Waals surface area contributed by atoms with Gasteiger partial charge in [0, 0.05) is 10.7 Å². The zero-order chi connectivity index (χ0) is 8.60. The van der Waals surface area contributed by atoms with Crippen LogP contribution in [0.3, 0.4) is 0 Å². The largest absolute Gasteiger partial charge is 0.375 e. The van der Waals surface area contributed by atoms with Crippen molar-refractivity contribution in [2.45, 2.75) is 51.2 Å². The molecule has 1 saturated heterocycles. The average Bonchev–Trinajstić information content (AvgIpc) is 2.41. The highest BCUT2D eigenvalue weighted by molar-refractivity contribution is 9.09. The zero-order valence-electron chi connectivity index (χ0n) is 7.68. The minimum atomic E-state index is 0.491. The Bertz CT molecular complexity index is 171. The summed E-state index contributed by atoms with van der Waals surface area (Å²) in [6, 6.07) is 0. The number of hydrogen-bond donors (Lipinski definition) is 0. The summed E-state index contributed by atoms with van der Waals surface area (Å²) in [7, 11) is 0. The monoisotopic (exact) mass is 232 g/mol. The van der Waals surface area contributed by atoms with Crippen molar-refractivity contribution in [2.24, 2.45) is 5.41 Å². The van der Waals surface area contributed by atoms with Gasteiger partial charge >= 0.3 is 0 Å². The van der Waals surface area contributed by atoms with Crippen LogP contribution in [0.15, 0.2) is 0 Å². The van der Waals surface area contributed by atoms with Crippen LogP contribution in [0.2, 0.25) is 0 Å². The topological polar surface area (TPSA) is 9.23 Å². The molecule has 3 atom stereocenters. The minimum Gasteiger partial charge on any atom is -0.375 e. The van der Waals surface area contributed by atoms with Crippen LogP contribution in [0.1, 0.15) is 39.0 Å². The van der Waals surface area contributed by atoms with E-state index in [0.717, 1.165) is 5.33 Å². The van der Waals surface area contributed by atoms with Gasteiger partial charge in [0.05, 0.1) is 12.2 Å². The Hall–Kier alpha value is 0.440. The summed E-state index contributed by atoms with van der Waals surface area (Å²) in [5.74, 6) is 0. The van der Waals surface area contributed by atoms with Gasteiger partial charge in [0.1, 0.15) is 0 Å². The molecule has 0 unspecified atom stereocenters. The molecule has 1 heterocycles. The molecule has 2 heteroatoms. The van der Waals surface area contributed by atoms with Crippen molar-refractivity contribution in [3.63, 3.8) is 0 Å². The summed E-state index contributed by atoms with van der Waals surface area (Å²) in [5, 5.41) is 1.13. The Morgan fingerprint density at radius 2 is 2.33 bits per heavy atom. The van der Waals surface area contributed by atoms with Crippen molar-refractivity contribution in [1.29, 1.82) is 0 Å². The average molecular weight is 233 g/mol. The van der Waals surface area contributed by atoms with Gasteiger partial charge in [0.2, 0.25) is 0 Å². The summed E-state index contributed by atoms with van der Waals surface area (Å²) >= 11 is 3.66. The standard InChI is InChI=1S/C10H17BrO/c1-8-6-10(7-11)5-3-2-4-9(10)12-8/h8-9H,2-7H2,1H3/t8-,9-,10-/m1/s1. The predicted molar refractivity (Wildman–Crippen MR) is 53.6 cm³/mol. The van der Waals surface area contributed by atoms with Crippen molar-refractivity contribution in [1.82, 2.24) is 0 Å². The molecule has 0 bridgehead atoms. The van der Waals surface area contributed by atoms with Gasteiger partial charge in [-0.3, -0.25) is 0 Å². The molecule has 0 aromatic rings. The van der Waals surface area contributed by atoms with E-state index in [1.807, 2.05) is 0 Å². The maximum absolute atomic E-state index is 5.93. The van der Waals surface area contributed by atoms with Crippen LogP contribution < -0.4 is 0 Å². The first-order valence-electron chi connectivity index (χ1n) is 4.98. The molecule has 70 valence electrons. The molecule has 0 aromatic carbocycles. The van der Waals surface area contributed by atoms with Gasteiger partial charge < -0.3 is 4.74 Å². The highest BCUT2D eigenvalue weighted by Gasteiger charge is 2.47. The summed E-state index contributed by atoms with van der Waals surface area (Å²) in [5.41, 5.74) is 0.498. The molecular weight excluding hydrogens is 216 g/mol. The van der Waals surface area contributed by atoms with Crippen molar-refractivity contribution in [3.8, 4) is 0 Å². The van der Waals surface area contributed by atoms with Crippen LogP contribution in [-0.4, -0.2) is 17.5 Å². The quantitative estimate of drug-likeness (QED) is 0.632. The van der Waals surface area contributed by atoms with Crippen LogP contribution in [-0.2, 0) is 4.74 Å². The first kappa shape index (κ1) is 9.01. The summed E-state index contributed by atoms with van der Waals surface area (Å²) in [4.78, 5) is 0. The van der Waals surface area contributed by atoms with E-state index in [9.17, 15) is 0 Å². The van der Waals surface area contributed by atoms with Gasteiger partial charge in [-0.2, -0.15) is 0 Å². The second kappa shape index (κ2) is 3.30. The van der Waals surface area contributed by atoms with Gasteiger partial charge in [0.15, 0.2) is 0 Å². The number of fused-ring (bicyclic) bond motifs is 1. The molecule has 2 fully saturated rings. The van der Waals surface area contributed by atoms with Gasteiger partial charge in [-0.05, 0) is 26.2 Å². The Kier molecular flexibility index (Phi) is 2.48. The third-order valence-corrected chi connectivity index (χ3v) is 4.55. The molecule has 0 aromatic heterocycles. The van der Waals surface area contributed by atoms with E-state index in [-0.39, 0.29) is 0 Å². The molecule has 2 rings (SSSR count). The van der Waals surface area contributed by atoms with Crippen molar-refractivity contribution in [3.05, 3.63) is 0 Å². The normalized spacial score (nSPS) is 47.5. The lowest BCUT2D eigenvalue weighted by atomic mass is 9.72. The fraction of sp³-hybridized carbons (Fsp3) is 1.00. The molecule has 12 heavy (non-hydrogen) atoms. The van der Waals surface area contributed by atoms with Crippen molar-refractivity contribution < 1.29 is 4.74 Å². The molecular formula is C10H17BrO. The van der Waals surface area contributed by atoms with Crippen LogP contribution in [0, 0.1) is 5.41 Å². The number of halogens is 1. The van der Waals surface area contributed by atoms with Gasteiger partial charge in [-0.1, -0.05) is 28.8 Å². The Balaban J connectivity index is 2.14. The van der Waals surface area contributed by atoms with Gasteiger partial charge in [0.25, 0.3) is 0 Å². The Morgan fingerprint density at radius 3 is 3.00 bits per heavy atom. The molecule has 1 aliphatic carbocycles. The van der Waals surface area contributed by atoms with E-state index in [2.05, 4.69) is 22.9 Å². The maximum Gasteiger partial charge on any atom is 0.0643 e. The predicted octanol–water partition coefficient (Wildman–Crippen LogP) is 3.12. The van der Waals surface area contributed by atoms with Gasteiger partial charge in [-0.15, -0.1) is 0 Å². The molecule has 2 aliphatic rings. The van der Waals surface area contributed by atoms with E-state index in [0.29, 0.717) is 17.6 Å². The lowest BCUT2D eigenvalue weighted by molar-refractivity contribution is 0.00208. The van der Waals surface area contributed by atoms with Crippen LogP contribution >= 0.6 is 15.9 Å². The van der Waals surface area contributed by atoms with Crippen LogP contribution in [0.4, 0.5) is 0 Å². The summed E-state index contributed by atoms with van der Waals surface area (Å²) in [6.45, 7) is 2.21. The van der Waals surface area contributed by atoms with Crippen molar-refractivity contribution in [2.75, 3.05) is 5.33 Å². The van der Waals surface area contributed by atoms with Gasteiger partial charge in [-0.25, -0.2) is 0 Å². The molecule has 1 nitrogen and oxygen atoms in total. The number of ether oxygens (including phenoxy) is 1. The fourth-order valence-corrected chi connectivity index (χ4v) is 3.70. The molecule has 1 saturated carbocycles. The first-order chi connectivity index (χ1) is 5.77. The lowest BCUT2D eigenvalue weighted by Gasteiger charge is -2.36. The second-order valence-electron chi connectivity index (χ2n) is 4.38. The second-order valence-corrected chi connectivity index (χ2v) is 4.94. The summed E-state index contributed by atoms with van der Waals surface area (Å²) in [6.07, 6.45) is 7.74. The zero-order valence-corrected chi connectivity index (χ0v) is 9.27. The van der Waals surface area contributed by atoms with E-state index in [1.54, 1.807) is 0 Å². The molecule has 0 N–H and O–H groups in total. The van der Waals surface area contributed by atoms with Crippen LogP contribution in [0.25, 0.3) is 0 Å². The maximum atomic E-state index is 5.93. The van der Waals surface area contributed by atoms with E-state index < -0.39 is 0 Å². The molecule has 1 aliphatic heterocycles. The lowest BCUT2D eigenvalue weighted by Crippen LogP contribution is -2.35. The third-order valence-electron chi connectivity index (χ3n) is 3.43. The van der Waals surface area contributed by atoms with Crippen LogP contribution in [0.5, 0.6) is 0 Å². The highest BCUT2D eigenvalue weighted by atomic mass is 79.9. The number of hydrogen-bond acceptors (Lipinski definition) is 1. The molecule has 0 amide bonds. The summed E-state index contributed by atoms with van der Waals surface area (Å²) < 4.78 is 5.93. The first-order valence-corrected chi connectivity index (χ1v) is 6.10. The highest BCUT2D eigenvalue weighted by Crippen LogP contribution is 2.48. The SMILES string of the molecule is C[C@@H]1C[C@@]2(CBr)CCCC[C@H]2O1. The smallest absolute Gasteiger partial charge is 0.0643 e. The Morgan fingerprint density at radius 1 is 1.50 bits per heavy atom. The van der Waals surface area contributed by atoms with E-state index in [4.69, 9.17) is 4.74 Å². The fourth-order valence-electron chi connectivity index (χ4n) is 2.83. The Labute approximate surface area is 83.0 Å². The van der Waals surface area contributed by atoms with E-state index >= 15 is 0 Å². The molecule has 0 radical (unpaired) electrons. The van der Waals surface area contributed by atoms with Crippen molar-refractivity contribution >= 4 is 15.9 Å². The third kappa shape index (κ3) is 1.33. The molecule has 0 spiro atoms. The minimum absolute atomic E-state index is 0.491.